The summed E-state index contributed by atoms with van der Waals surface area (Å²) in [5.74, 6) is 3.52. The van der Waals surface area contributed by atoms with E-state index in [1.807, 2.05) is 25.1 Å². The van der Waals surface area contributed by atoms with Gasteiger partial charge in [0.15, 0.2) is 0 Å². The Bertz CT molecular complexity index is 487. The lowest BCUT2D eigenvalue weighted by molar-refractivity contribution is -0.122. The van der Waals surface area contributed by atoms with Gasteiger partial charge in [0.2, 0.25) is 0 Å². The summed E-state index contributed by atoms with van der Waals surface area (Å²) in [6.45, 7) is 2.68. The lowest BCUT2D eigenvalue weighted by Crippen LogP contribution is -2.48. The van der Waals surface area contributed by atoms with Crippen LogP contribution in [0.2, 0.25) is 0 Å². The topological polar surface area (TPSA) is 29.5 Å². The Kier molecular flexibility index (Phi) is 3.25. The second-order valence-electron chi connectivity index (χ2n) is 7.69. The van der Waals surface area contributed by atoms with Gasteiger partial charge in [-0.3, -0.25) is 0 Å². The molecule has 4 aliphatic rings. The molecule has 0 spiro atoms. The molecule has 1 atom stereocenters. The Hall–Kier alpha value is -1.02. The molecular formula is C19H26O2. The molecule has 4 saturated carbocycles. The van der Waals surface area contributed by atoms with Gasteiger partial charge < -0.3 is 9.84 Å². The highest BCUT2D eigenvalue weighted by molar-refractivity contribution is 5.31. The molecule has 0 heterocycles. The summed E-state index contributed by atoms with van der Waals surface area (Å²) < 4.78 is 5.60. The zero-order valence-corrected chi connectivity index (χ0v) is 12.9. The number of aliphatic hydroxyl groups excluding tert-OH is 1. The molecule has 0 aliphatic heterocycles. The first-order valence-electron chi connectivity index (χ1n) is 8.59. The van der Waals surface area contributed by atoms with E-state index in [1.165, 1.54) is 38.5 Å². The van der Waals surface area contributed by atoms with Crippen molar-refractivity contribution in [1.29, 1.82) is 0 Å². The van der Waals surface area contributed by atoms with Crippen LogP contribution in [0.5, 0.6) is 5.75 Å². The van der Waals surface area contributed by atoms with Gasteiger partial charge in [-0.25, -0.2) is 0 Å². The first-order valence-corrected chi connectivity index (χ1v) is 8.59. The second kappa shape index (κ2) is 5.01. The fraction of sp³-hybridized carbons (Fsp3) is 0.684. The summed E-state index contributed by atoms with van der Waals surface area (Å²) in [5, 5.41) is 11.1. The van der Waals surface area contributed by atoms with Crippen LogP contribution in [-0.4, -0.2) is 11.7 Å². The van der Waals surface area contributed by atoms with Crippen LogP contribution in [-0.2, 0) is 0 Å². The highest BCUT2D eigenvalue weighted by atomic mass is 16.5. The summed E-state index contributed by atoms with van der Waals surface area (Å²) in [4.78, 5) is 0. The average molecular weight is 286 g/mol. The third-order valence-electron chi connectivity index (χ3n) is 6.15. The van der Waals surface area contributed by atoms with Gasteiger partial charge in [0.05, 0.1) is 12.7 Å². The molecule has 4 aliphatic carbocycles. The zero-order chi connectivity index (χ0) is 14.4. The molecule has 0 aromatic heterocycles. The summed E-state index contributed by atoms with van der Waals surface area (Å²) in [5.41, 5.74) is 1.21. The molecule has 1 aromatic rings. The van der Waals surface area contributed by atoms with Gasteiger partial charge in [-0.05, 0) is 80.9 Å². The monoisotopic (exact) mass is 286 g/mol. The lowest BCUT2D eigenvalue weighted by Gasteiger charge is -2.58. The van der Waals surface area contributed by atoms with Crippen LogP contribution in [0.4, 0.5) is 0 Å². The summed E-state index contributed by atoms with van der Waals surface area (Å²) in [7, 11) is 0. The summed E-state index contributed by atoms with van der Waals surface area (Å²) in [6, 6.07) is 8.13. The van der Waals surface area contributed by atoms with Crippen LogP contribution in [0.15, 0.2) is 24.3 Å². The fourth-order valence-electron chi connectivity index (χ4n) is 5.81. The number of benzene rings is 1. The molecule has 114 valence electrons. The van der Waals surface area contributed by atoms with E-state index in [4.69, 9.17) is 4.74 Å². The van der Waals surface area contributed by atoms with E-state index in [2.05, 4.69) is 6.07 Å². The first-order chi connectivity index (χ1) is 10.2. The minimum absolute atomic E-state index is 0.152. The van der Waals surface area contributed by atoms with E-state index in [0.29, 0.717) is 6.61 Å². The molecule has 0 radical (unpaired) electrons. The van der Waals surface area contributed by atoms with Gasteiger partial charge >= 0.3 is 0 Å². The normalized spacial score (nSPS) is 38.5. The molecule has 5 rings (SSSR count). The number of aliphatic hydroxyl groups is 1. The van der Waals surface area contributed by atoms with Crippen molar-refractivity contribution in [2.45, 2.75) is 51.6 Å². The molecule has 1 aromatic carbocycles. The lowest BCUT2D eigenvalue weighted by atomic mass is 9.47. The van der Waals surface area contributed by atoms with Crippen LogP contribution < -0.4 is 4.74 Å². The van der Waals surface area contributed by atoms with Crippen molar-refractivity contribution in [1.82, 2.24) is 0 Å². The number of hydrogen-bond donors (Lipinski definition) is 1. The quantitative estimate of drug-likeness (QED) is 0.892. The molecule has 0 saturated heterocycles. The maximum atomic E-state index is 11.1. The van der Waals surface area contributed by atoms with Gasteiger partial charge in [0, 0.05) is 5.41 Å². The molecular weight excluding hydrogens is 260 g/mol. The van der Waals surface area contributed by atoms with Gasteiger partial charge in [0.25, 0.3) is 0 Å². The third kappa shape index (κ3) is 2.28. The van der Waals surface area contributed by atoms with Crippen molar-refractivity contribution < 1.29 is 9.84 Å². The number of hydrogen-bond acceptors (Lipinski definition) is 2. The maximum absolute atomic E-state index is 11.1. The Balaban J connectivity index is 1.62. The molecule has 2 heteroatoms. The van der Waals surface area contributed by atoms with E-state index in [1.54, 1.807) is 0 Å². The molecule has 1 unspecified atom stereocenters. The molecule has 4 bridgehead atoms. The number of ether oxygens (including phenoxy) is 1. The van der Waals surface area contributed by atoms with Crippen LogP contribution in [0.3, 0.4) is 0 Å². The van der Waals surface area contributed by atoms with Crippen LogP contribution in [0.1, 0.15) is 57.1 Å². The standard InChI is InChI=1S/C19H26O2/c1-2-21-17-5-3-4-16(9-17)18(20)19-10-13-6-14(11-19)8-15(7-13)12-19/h3-5,9,13-15,18,20H,2,6-8,10-12H2,1H3. The van der Waals surface area contributed by atoms with Crippen molar-refractivity contribution in [3.05, 3.63) is 29.8 Å². The highest BCUT2D eigenvalue weighted by Crippen LogP contribution is 2.64. The van der Waals surface area contributed by atoms with Gasteiger partial charge in [-0.1, -0.05) is 12.1 Å². The fourth-order valence-corrected chi connectivity index (χ4v) is 5.81. The maximum Gasteiger partial charge on any atom is 0.119 e. The SMILES string of the molecule is CCOc1cccc(C(O)C23CC4CC(CC(C4)C2)C3)c1. The Morgan fingerprint density at radius 2 is 1.76 bits per heavy atom. The second-order valence-corrected chi connectivity index (χ2v) is 7.69. The molecule has 21 heavy (non-hydrogen) atoms. The molecule has 1 N–H and O–H groups in total. The molecule has 0 amide bonds. The minimum Gasteiger partial charge on any atom is -0.494 e. The van der Waals surface area contributed by atoms with Crippen molar-refractivity contribution in [2.75, 3.05) is 6.61 Å². The van der Waals surface area contributed by atoms with Gasteiger partial charge in [0.1, 0.15) is 5.75 Å². The van der Waals surface area contributed by atoms with Gasteiger partial charge in [-0.2, -0.15) is 0 Å². The Morgan fingerprint density at radius 1 is 1.14 bits per heavy atom. The summed E-state index contributed by atoms with van der Waals surface area (Å²) >= 11 is 0. The zero-order valence-electron chi connectivity index (χ0n) is 12.9. The van der Waals surface area contributed by atoms with Gasteiger partial charge in [-0.15, -0.1) is 0 Å². The first kappa shape index (κ1) is 13.6. The Labute approximate surface area is 127 Å². The van der Waals surface area contributed by atoms with E-state index < -0.39 is 0 Å². The van der Waals surface area contributed by atoms with E-state index >= 15 is 0 Å². The number of rotatable bonds is 4. The Morgan fingerprint density at radius 3 is 2.33 bits per heavy atom. The van der Waals surface area contributed by atoms with Crippen molar-refractivity contribution in [3.8, 4) is 5.75 Å². The third-order valence-corrected chi connectivity index (χ3v) is 6.15. The van der Waals surface area contributed by atoms with Crippen molar-refractivity contribution >= 4 is 0 Å². The minimum atomic E-state index is -0.314. The van der Waals surface area contributed by atoms with Crippen LogP contribution in [0.25, 0.3) is 0 Å². The van der Waals surface area contributed by atoms with E-state index in [0.717, 1.165) is 29.1 Å². The molecule has 4 fully saturated rings. The van der Waals surface area contributed by atoms with Crippen molar-refractivity contribution in [3.63, 3.8) is 0 Å². The molecule has 2 nitrogen and oxygen atoms in total. The predicted molar refractivity (Wildman–Crippen MR) is 83.2 cm³/mol. The average Bonchev–Trinajstić information content (AvgIpc) is 2.46. The van der Waals surface area contributed by atoms with Crippen molar-refractivity contribution in [2.24, 2.45) is 23.2 Å². The van der Waals surface area contributed by atoms with Crippen LogP contribution >= 0.6 is 0 Å². The smallest absolute Gasteiger partial charge is 0.119 e. The van der Waals surface area contributed by atoms with E-state index in [9.17, 15) is 5.11 Å². The predicted octanol–water partition coefficient (Wildman–Crippen LogP) is 4.34. The summed E-state index contributed by atoms with van der Waals surface area (Å²) in [6.07, 6.45) is 7.66. The van der Waals surface area contributed by atoms with Crippen LogP contribution in [0, 0.1) is 23.2 Å². The van der Waals surface area contributed by atoms with E-state index in [-0.39, 0.29) is 11.5 Å². The highest BCUT2D eigenvalue weighted by Gasteiger charge is 2.54. The largest absolute Gasteiger partial charge is 0.494 e.